The van der Waals surface area contributed by atoms with Crippen LogP contribution in [0.15, 0.2) is 47.2 Å². The van der Waals surface area contributed by atoms with Crippen molar-refractivity contribution in [2.45, 2.75) is 6.42 Å². The summed E-state index contributed by atoms with van der Waals surface area (Å²) in [5.74, 6) is 0.0346. The summed E-state index contributed by atoms with van der Waals surface area (Å²) in [7, 11) is 0. The van der Waals surface area contributed by atoms with Crippen LogP contribution in [0, 0.1) is 0 Å². The minimum Gasteiger partial charge on any atom is -0.294 e. The van der Waals surface area contributed by atoms with E-state index in [-0.39, 0.29) is 5.78 Å². The molecule has 2 rings (SSSR count). The zero-order valence-electron chi connectivity index (χ0n) is 8.86. The molecule has 1 aromatic carbocycles. The largest absolute Gasteiger partial charge is 0.294 e. The molecule has 0 radical (unpaired) electrons. The third-order valence-electron chi connectivity index (χ3n) is 2.33. The van der Waals surface area contributed by atoms with Crippen molar-refractivity contribution >= 4 is 33.3 Å². The van der Waals surface area contributed by atoms with Gasteiger partial charge in [-0.1, -0.05) is 23.7 Å². The fourth-order valence-corrected chi connectivity index (χ4v) is 1.89. The SMILES string of the molecule is O=C(Cc1cccnc1)c1ccc(Br)c(Cl)c1. The number of carbonyl (C=O) groups is 1. The number of hydrogen-bond acceptors (Lipinski definition) is 2. The maximum absolute atomic E-state index is 12.0. The number of Topliss-reactive ketones (excluding diaryl/α,β-unsaturated/α-hetero) is 1. The van der Waals surface area contributed by atoms with Crippen molar-refractivity contribution in [1.29, 1.82) is 0 Å². The van der Waals surface area contributed by atoms with Crippen molar-refractivity contribution < 1.29 is 4.79 Å². The predicted molar refractivity (Wildman–Crippen MR) is 71.4 cm³/mol. The van der Waals surface area contributed by atoms with Gasteiger partial charge in [-0.25, -0.2) is 0 Å². The third-order valence-corrected chi connectivity index (χ3v) is 3.56. The topological polar surface area (TPSA) is 30.0 Å². The number of hydrogen-bond donors (Lipinski definition) is 0. The number of halogens is 2. The van der Waals surface area contributed by atoms with Gasteiger partial charge in [-0.3, -0.25) is 9.78 Å². The molecular weight excluding hydrogens is 302 g/mol. The Bertz CT molecular complexity index is 542. The molecule has 86 valence electrons. The van der Waals surface area contributed by atoms with Crippen LogP contribution in [0.5, 0.6) is 0 Å². The van der Waals surface area contributed by atoms with Crippen LogP contribution in [0.3, 0.4) is 0 Å². The van der Waals surface area contributed by atoms with Gasteiger partial charge in [0.2, 0.25) is 0 Å². The summed E-state index contributed by atoms with van der Waals surface area (Å²) in [6.45, 7) is 0. The molecule has 0 fully saturated rings. The lowest BCUT2D eigenvalue weighted by Crippen LogP contribution is -2.03. The smallest absolute Gasteiger partial charge is 0.167 e. The Morgan fingerprint density at radius 1 is 1.35 bits per heavy atom. The first kappa shape index (κ1) is 12.3. The van der Waals surface area contributed by atoms with E-state index in [1.807, 2.05) is 12.1 Å². The van der Waals surface area contributed by atoms with Gasteiger partial charge in [0, 0.05) is 28.9 Å². The number of nitrogens with zero attached hydrogens (tertiary/aromatic N) is 1. The van der Waals surface area contributed by atoms with E-state index in [9.17, 15) is 4.79 Å². The Hall–Kier alpha value is -1.19. The summed E-state index contributed by atoms with van der Waals surface area (Å²) < 4.78 is 0.789. The van der Waals surface area contributed by atoms with Gasteiger partial charge in [0.15, 0.2) is 5.78 Å². The minimum atomic E-state index is 0.0346. The molecule has 2 nitrogen and oxygen atoms in total. The highest BCUT2D eigenvalue weighted by molar-refractivity contribution is 9.10. The summed E-state index contributed by atoms with van der Waals surface area (Å²) in [5.41, 5.74) is 1.51. The molecule has 0 bridgehead atoms. The Morgan fingerprint density at radius 2 is 2.18 bits per heavy atom. The molecule has 0 amide bonds. The summed E-state index contributed by atoms with van der Waals surface area (Å²) >= 11 is 9.24. The van der Waals surface area contributed by atoms with E-state index in [2.05, 4.69) is 20.9 Å². The van der Waals surface area contributed by atoms with E-state index in [4.69, 9.17) is 11.6 Å². The molecule has 0 atom stereocenters. The van der Waals surface area contributed by atoms with E-state index in [0.29, 0.717) is 17.0 Å². The van der Waals surface area contributed by atoms with Gasteiger partial charge in [-0.15, -0.1) is 0 Å². The van der Waals surface area contributed by atoms with E-state index in [0.717, 1.165) is 10.0 Å². The molecule has 17 heavy (non-hydrogen) atoms. The molecular formula is C13H9BrClNO. The van der Waals surface area contributed by atoms with Crippen LogP contribution in [-0.2, 0) is 6.42 Å². The summed E-state index contributed by atoms with van der Waals surface area (Å²) in [6.07, 6.45) is 3.72. The molecule has 0 saturated heterocycles. The highest BCUT2D eigenvalue weighted by Crippen LogP contribution is 2.23. The zero-order valence-corrected chi connectivity index (χ0v) is 11.2. The second-order valence-corrected chi connectivity index (χ2v) is 4.85. The van der Waals surface area contributed by atoms with Gasteiger partial charge in [0.25, 0.3) is 0 Å². The Balaban J connectivity index is 2.18. The first-order valence-corrected chi connectivity index (χ1v) is 6.21. The Labute approximate surface area is 113 Å². The average Bonchev–Trinajstić information content (AvgIpc) is 2.34. The fraction of sp³-hybridized carbons (Fsp3) is 0.0769. The highest BCUT2D eigenvalue weighted by atomic mass is 79.9. The number of benzene rings is 1. The lowest BCUT2D eigenvalue weighted by molar-refractivity contribution is 0.0993. The van der Waals surface area contributed by atoms with Gasteiger partial charge in [0.1, 0.15) is 0 Å². The maximum Gasteiger partial charge on any atom is 0.167 e. The van der Waals surface area contributed by atoms with E-state index in [1.165, 1.54) is 0 Å². The molecule has 0 spiro atoms. The van der Waals surface area contributed by atoms with Crippen LogP contribution in [0.25, 0.3) is 0 Å². The molecule has 0 unspecified atom stereocenters. The van der Waals surface area contributed by atoms with Crippen LogP contribution in [0.1, 0.15) is 15.9 Å². The van der Waals surface area contributed by atoms with Crippen molar-refractivity contribution in [3.8, 4) is 0 Å². The minimum absolute atomic E-state index is 0.0346. The molecule has 2 aromatic rings. The highest BCUT2D eigenvalue weighted by Gasteiger charge is 2.08. The number of carbonyl (C=O) groups excluding carboxylic acids is 1. The van der Waals surface area contributed by atoms with E-state index < -0.39 is 0 Å². The van der Waals surface area contributed by atoms with E-state index >= 15 is 0 Å². The van der Waals surface area contributed by atoms with Crippen LogP contribution < -0.4 is 0 Å². The quantitative estimate of drug-likeness (QED) is 0.804. The number of pyridine rings is 1. The van der Waals surface area contributed by atoms with Gasteiger partial charge >= 0.3 is 0 Å². The predicted octanol–water partition coefficient (Wildman–Crippen LogP) is 3.92. The van der Waals surface area contributed by atoms with Crippen LogP contribution in [0.2, 0.25) is 5.02 Å². The molecule has 0 aliphatic carbocycles. The maximum atomic E-state index is 12.0. The molecule has 4 heteroatoms. The van der Waals surface area contributed by atoms with Gasteiger partial charge in [0.05, 0.1) is 5.02 Å². The average molecular weight is 311 g/mol. The first-order valence-electron chi connectivity index (χ1n) is 5.04. The normalized spacial score (nSPS) is 10.2. The van der Waals surface area contributed by atoms with Crippen LogP contribution >= 0.6 is 27.5 Å². The molecule has 0 aliphatic heterocycles. The second-order valence-electron chi connectivity index (χ2n) is 3.59. The van der Waals surface area contributed by atoms with Crippen molar-refractivity contribution in [3.63, 3.8) is 0 Å². The van der Waals surface area contributed by atoms with Crippen LogP contribution in [-0.4, -0.2) is 10.8 Å². The van der Waals surface area contributed by atoms with Crippen molar-refractivity contribution in [3.05, 3.63) is 63.3 Å². The van der Waals surface area contributed by atoms with Crippen LogP contribution in [0.4, 0.5) is 0 Å². The lowest BCUT2D eigenvalue weighted by atomic mass is 10.0. The Morgan fingerprint density at radius 3 is 2.82 bits per heavy atom. The number of aromatic nitrogens is 1. The monoisotopic (exact) mass is 309 g/mol. The molecule has 1 heterocycles. The third kappa shape index (κ3) is 3.14. The van der Waals surface area contributed by atoms with Gasteiger partial charge in [-0.05, 0) is 39.7 Å². The standard InChI is InChI=1S/C13H9BrClNO/c14-11-4-3-10(7-12(11)15)13(17)6-9-2-1-5-16-8-9/h1-5,7-8H,6H2. The summed E-state index contributed by atoms with van der Waals surface area (Å²) in [6, 6.07) is 8.90. The molecule has 1 aromatic heterocycles. The fourth-order valence-electron chi connectivity index (χ4n) is 1.46. The van der Waals surface area contributed by atoms with Gasteiger partial charge < -0.3 is 0 Å². The summed E-state index contributed by atoms with van der Waals surface area (Å²) in [4.78, 5) is 16.0. The van der Waals surface area contributed by atoms with Crippen molar-refractivity contribution in [1.82, 2.24) is 4.98 Å². The van der Waals surface area contributed by atoms with Crippen molar-refractivity contribution in [2.75, 3.05) is 0 Å². The number of ketones is 1. The molecule has 0 saturated carbocycles. The second kappa shape index (κ2) is 5.43. The van der Waals surface area contributed by atoms with E-state index in [1.54, 1.807) is 30.6 Å². The zero-order chi connectivity index (χ0) is 12.3. The Kier molecular flexibility index (Phi) is 3.92. The summed E-state index contributed by atoms with van der Waals surface area (Å²) in [5, 5.41) is 0.544. The first-order chi connectivity index (χ1) is 8.16. The van der Waals surface area contributed by atoms with Crippen molar-refractivity contribution in [2.24, 2.45) is 0 Å². The number of rotatable bonds is 3. The molecule has 0 aliphatic rings. The lowest BCUT2D eigenvalue weighted by Gasteiger charge is -2.02. The van der Waals surface area contributed by atoms with Gasteiger partial charge in [-0.2, -0.15) is 0 Å². The molecule has 0 N–H and O–H groups in total.